The number of carbonyl (C=O) groups excluding carboxylic acids is 1. The van der Waals surface area contributed by atoms with Gasteiger partial charge >= 0.3 is 0 Å². The van der Waals surface area contributed by atoms with Crippen LogP contribution in [-0.4, -0.2) is 43.7 Å². The van der Waals surface area contributed by atoms with Crippen molar-refractivity contribution in [2.75, 3.05) is 25.1 Å². The molecule has 0 saturated carbocycles. The Morgan fingerprint density at radius 2 is 2.04 bits per heavy atom. The first-order chi connectivity index (χ1) is 12.7. The Bertz CT molecular complexity index is 988. The molecule has 7 nitrogen and oxygen atoms in total. The van der Waals surface area contributed by atoms with Crippen LogP contribution in [0.15, 0.2) is 36.4 Å². The second kappa shape index (κ2) is 7.11. The van der Waals surface area contributed by atoms with Crippen molar-refractivity contribution in [3.8, 4) is 11.5 Å². The maximum Gasteiger partial charge on any atom is 0.256 e. The number of phenols is 1. The van der Waals surface area contributed by atoms with Crippen LogP contribution >= 0.6 is 0 Å². The van der Waals surface area contributed by atoms with Gasteiger partial charge in [0, 0.05) is 25.0 Å². The standard InChI is InChI=1S/C19H22N2O5S/c1-3-26-16-9-12(7-8-15(16)22)17(27(2,24)25)11-21-10-13-5-4-6-14(20)18(13)19(21)23/h4-9,17,22H,3,10-11,20H2,1-2H3. The van der Waals surface area contributed by atoms with Gasteiger partial charge in [-0.3, -0.25) is 4.79 Å². The zero-order chi connectivity index (χ0) is 19.8. The maximum absolute atomic E-state index is 12.7. The van der Waals surface area contributed by atoms with Crippen LogP contribution in [0.3, 0.4) is 0 Å². The quantitative estimate of drug-likeness (QED) is 0.731. The van der Waals surface area contributed by atoms with Crippen molar-refractivity contribution in [1.82, 2.24) is 4.90 Å². The molecule has 27 heavy (non-hydrogen) atoms. The third-order valence-corrected chi connectivity index (χ3v) is 6.06. The van der Waals surface area contributed by atoms with Gasteiger partial charge in [0.1, 0.15) is 5.25 Å². The summed E-state index contributed by atoms with van der Waals surface area (Å²) in [5.74, 6) is -0.130. The number of amides is 1. The van der Waals surface area contributed by atoms with Crippen molar-refractivity contribution in [2.24, 2.45) is 0 Å². The van der Waals surface area contributed by atoms with Gasteiger partial charge in [0.2, 0.25) is 0 Å². The summed E-state index contributed by atoms with van der Waals surface area (Å²) >= 11 is 0. The summed E-state index contributed by atoms with van der Waals surface area (Å²) in [6, 6.07) is 9.68. The van der Waals surface area contributed by atoms with E-state index in [2.05, 4.69) is 0 Å². The highest BCUT2D eigenvalue weighted by Gasteiger charge is 2.34. The molecule has 1 aliphatic rings. The Labute approximate surface area is 158 Å². The normalized spacial score (nSPS) is 14.9. The molecule has 0 aliphatic carbocycles. The fourth-order valence-corrected chi connectivity index (χ4v) is 4.38. The van der Waals surface area contributed by atoms with E-state index in [1.54, 1.807) is 19.1 Å². The van der Waals surface area contributed by atoms with E-state index in [-0.39, 0.29) is 24.0 Å². The van der Waals surface area contributed by atoms with Crippen molar-refractivity contribution in [1.29, 1.82) is 0 Å². The number of hydrogen-bond donors (Lipinski definition) is 2. The first kappa shape index (κ1) is 19.0. The Hall–Kier alpha value is -2.74. The number of aromatic hydroxyl groups is 1. The average molecular weight is 390 g/mol. The lowest BCUT2D eigenvalue weighted by Gasteiger charge is -2.23. The molecular weight excluding hydrogens is 368 g/mol. The first-order valence-corrected chi connectivity index (χ1v) is 10.5. The minimum Gasteiger partial charge on any atom is -0.504 e. The molecule has 0 saturated heterocycles. The van der Waals surface area contributed by atoms with E-state index >= 15 is 0 Å². The molecule has 2 aromatic rings. The summed E-state index contributed by atoms with van der Waals surface area (Å²) in [5, 5.41) is 8.93. The van der Waals surface area contributed by atoms with E-state index < -0.39 is 15.1 Å². The summed E-state index contributed by atoms with van der Waals surface area (Å²) in [5.41, 5.74) is 7.98. The summed E-state index contributed by atoms with van der Waals surface area (Å²) < 4.78 is 30.3. The van der Waals surface area contributed by atoms with E-state index in [0.29, 0.717) is 30.0 Å². The van der Waals surface area contributed by atoms with E-state index in [1.165, 1.54) is 23.1 Å². The van der Waals surface area contributed by atoms with Gasteiger partial charge in [0.05, 0.1) is 12.2 Å². The molecule has 0 aromatic heterocycles. The Morgan fingerprint density at radius 3 is 2.67 bits per heavy atom. The van der Waals surface area contributed by atoms with Crippen LogP contribution in [0.25, 0.3) is 0 Å². The van der Waals surface area contributed by atoms with Gasteiger partial charge in [-0.15, -0.1) is 0 Å². The van der Waals surface area contributed by atoms with Crippen LogP contribution in [-0.2, 0) is 16.4 Å². The second-order valence-electron chi connectivity index (χ2n) is 6.55. The van der Waals surface area contributed by atoms with E-state index in [1.807, 2.05) is 6.07 Å². The molecule has 1 amide bonds. The monoisotopic (exact) mass is 390 g/mol. The van der Waals surface area contributed by atoms with Gasteiger partial charge in [-0.1, -0.05) is 18.2 Å². The fraction of sp³-hybridized carbons (Fsp3) is 0.316. The second-order valence-corrected chi connectivity index (χ2v) is 8.77. The lowest BCUT2D eigenvalue weighted by atomic mass is 10.1. The molecule has 1 aliphatic heterocycles. The maximum atomic E-state index is 12.7. The van der Waals surface area contributed by atoms with Gasteiger partial charge in [0.15, 0.2) is 21.3 Å². The fourth-order valence-electron chi connectivity index (χ4n) is 3.29. The number of nitrogen functional groups attached to an aromatic ring is 1. The topological polar surface area (TPSA) is 110 Å². The third-order valence-electron chi connectivity index (χ3n) is 4.60. The number of rotatable bonds is 6. The zero-order valence-corrected chi connectivity index (χ0v) is 16.0. The molecule has 0 radical (unpaired) electrons. The van der Waals surface area contributed by atoms with Crippen molar-refractivity contribution in [2.45, 2.75) is 18.7 Å². The molecule has 3 rings (SSSR count). The van der Waals surface area contributed by atoms with Gasteiger partial charge in [-0.25, -0.2) is 8.42 Å². The van der Waals surface area contributed by atoms with Crippen LogP contribution < -0.4 is 10.5 Å². The van der Waals surface area contributed by atoms with Crippen LogP contribution in [0.2, 0.25) is 0 Å². The van der Waals surface area contributed by atoms with Crippen molar-refractivity contribution in [3.05, 3.63) is 53.1 Å². The number of hydrogen-bond acceptors (Lipinski definition) is 6. The average Bonchev–Trinajstić information content (AvgIpc) is 2.91. The SMILES string of the molecule is CCOc1cc(C(CN2Cc3cccc(N)c3C2=O)S(C)(=O)=O)ccc1O. The number of ether oxygens (including phenoxy) is 1. The number of carbonyl (C=O) groups is 1. The first-order valence-electron chi connectivity index (χ1n) is 8.53. The Morgan fingerprint density at radius 1 is 1.30 bits per heavy atom. The summed E-state index contributed by atoms with van der Waals surface area (Å²) in [7, 11) is -3.53. The molecule has 1 heterocycles. The number of phenolic OH excluding ortho intramolecular Hbond substituents is 1. The van der Waals surface area contributed by atoms with Gasteiger partial charge in [-0.2, -0.15) is 0 Å². The van der Waals surface area contributed by atoms with Crippen molar-refractivity contribution in [3.63, 3.8) is 0 Å². The number of sulfone groups is 1. The molecular formula is C19H22N2O5S. The van der Waals surface area contributed by atoms with Crippen LogP contribution in [0.1, 0.15) is 33.7 Å². The van der Waals surface area contributed by atoms with Crippen LogP contribution in [0.5, 0.6) is 11.5 Å². The van der Waals surface area contributed by atoms with Crippen molar-refractivity contribution < 1.29 is 23.1 Å². The molecule has 3 N–H and O–H groups in total. The predicted octanol–water partition coefficient (Wildman–Crippen LogP) is 2.11. The number of benzene rings is 2. The zero-order valence-electron chi connectivity index (χ0n) is 15.2. The van der Waals surface area contributed by atoms with E-state index in [0.717, 1.165) is 11.8 Å². The summed E-state index contributed by atoms with van der Waals surface area (Å²) in [4.78, 5) is 14.2. The van der Waals surface area contributed by atoms with E-state index in [9.17, 15) is 18.3 Å². The number of nitrogens with zero attached hydrogens (tertiary/aromatic N) is 1. The van der Waals surface area contributed by atoms with Crippen LogP contribution in [0.4, 0.5) is 5.69 Å². The molecule has 0 bridgehead atoms. The summed E-state index contributed by atoms with van der Waals surface area (Å²) in [6.45, 7) is 2.40. The minimum absolute atomic E-state index is 0.0118. The number of fused-ring (bicyclic) bond motifs is 1. The Kier molecular flexibility index (Phi) is 5.01. The summed E-state index contributed by atoms with van der Waals surface area (Å²) in [6.07, 6.45) is 1.13. The largest absolute Gasteiger partial charge is 0.504 e. The van der Waals surface area contributed by atoms with E-state index in [4.69, 9.17) is 10.5 Å². The third kappa shape index (κ3) is 3.71. The lowest BCUT2D eigenvalue weighted by molar-refractivity contribution is 0.0779. The molecule has 8 heteroatoms. The van der Waals surface area contributed by atoms with Gasteiger partial charge < -0.3 is 20.5 Å². The molecule has 0 fully saturated rings. The van der Waals surface area contributed by atoms with Gasteiger partial charge in [-0.05, 0) is 36.2 Å². The number of anilines is 1. The van der Waals surface area contributed by atoms with Crippen LogP contribution in [0, 0.1) is 0 Å². The molecule has 1 unspecified atom stereocenters. The molecule has 0 spiro atoms. The lowest BCUT2D eigenvalue weighted by Crippen LogP contribution is -2.32. The van der Waals surface area contributed by atoms with Crippen molar-refractivity contribution >= 4 is 21.4 Å². The highest BCUT2D eigenvalue weighted by Crippen LogP contribution is 2.35. The molecule has 1 atom stereocenters. The number of nitrogens with two attached hydrogens (primary N) is 1. The smallest absolute Gasteiger partial charge is 0.256 e. The highest BCUT2D eigenvalue weighted by atomic mass is 32.2. The molecule has 2 aromatic carbocycles. The highest BCUT2D eigenvalue weighted by molar-refractivity contribution is 7.91. The van der Waals surface area contributed by atoms with Gasteiger partial charge in [0.25, 0.3) is 5.91 Å². The minimum atomic E-state index is -3.53. The predicted molar refractivity (Wildman–Crippen MR) is 102 cm³/mol. The Balaban J connectivity index is 1.94. The molecule has 144 valence electrons.